The maximum absolute atomic E-state index is 9.02. The average Bonchev–Trinajstić information content (AvgIpc) is 2.35. The number of halogens is 1. The van der Waals surface area contributed by atoms with Crippen LogP contribution in [0.3, 0.4) is 0 Å². The van der Waals surface area contributed by atoms with E-state index in [-0.39, 0.29) is 25.3 Å². The van der Waals surface area contributed by atoms with Crippen molar-refractivity contribution in [3.8, 4) is 5.75 Å². The topological polar surface area (TPSA) is 61.7 Å². The van der Waals surface area contributed by atoms with Gasteiger partial charge in [-0.2, -0.15) is 0 Å². The third-order valence-corrected chi connectivity index (χ3v) is 3.29. The van der Waals surface area contributed by atoms with E-state index in [1.807, 2.05) is 25.1 Å². The van der Waals surface area contributed by atoms with Gasteiger partial charge in [0.2, 0.25) is 0 Å². The van der Waals surface area contributed by atoms with E-state index in [9.17, 15) is 0 Å². The fourth-order valence-electron chi connectivity index (χ4n) is 1.59. The van der Waals surface area contributed by atoms with Gasteiger partial charge in [0.05, 0.1) is 26.4 Å². The molecule has 0 aliphatic carbocycles. The van der Waals surface area contributed by atoms with Crippen molar-refractivity contribution in [3.05, 3.63) is 28.2 Å². The van der Waals surface area contributed by atoms with Crippen molar-refractivity contribution in [2.24, 2.45) is 0 Å². The van der Waals surface area contributed by atoms with Crippen LogP contribution in [-0.2, 0) is 0 Å². The molecule has 17 heavy (non-hydrogen) atoms. The number of nitrogens with one attached hydrogen (secondary N) is 1. The standard InChI is InChI=1S/C12H18BrNO3/c1-8(14-9(6-15)7-16)11-4-3-10(17-2)5-12(11)13/h3-5,8-9,14-16H,6-7H2,1-2H3/t8-/m1/s1. The summed E-state index contributed by atoms with van der Waals surface area (Å²) in [5.41, 5.74) is 1.05. The molecule has 1 atom stereocenters. The minimum atomic E-state index is -0.306. The molecule has 0 heterocycles. The van der Waals surface area contributed by atoms with Gasteiger partial charge in [-0.1, -0.05) is 22.0 Å². The Morgan fingerprint density at radius 3 is 2.47 bits per heavy atom. The van der Waals surface area contributed by atoms with Gasteiger partial charge < -0.3 is 20.3 Å². The molecule has 0 saturated carbocycles. The monoisotopic (exact) mass is 303 g/mol. The maximum Gasteiger partial charge on any atom is 0.120 e. The van der Waals surface area contributed by atoms with E-state index in [1.54, 1.807) is 7.11 Å². The number of benzene rings is 1. The van der Waals surface area contributed by atoms with Gasteiger partial charge >= 0.3 is 0 Å². The second kappa shape index (κ2) is 6.96. The van der Waals surface area contributed by atoms with Crippen molar-refractivity contribution in [2.45, 2.75) is 19.0 Å². The predicted octanol–water partition coefficient (Wildman–Crippen LogP) is 1.46. The van der Waals surface area contributed by atoms with Gasteiger partial charge in [0.15, 0.2) is 0 Å². The average molecular weight is 304 g/mol. The van der Waals surface area contributed by atoms with Crippen LogP contribution in [0.2, 0.25) is 0 Å². The van der Waals surface area contributed by atoms with Crippen molar-refractivity contribution >= 4 is 15.9 Å². The van der Waals surface area contributed by atoms with E-state index >= 15 is 0 Å². The lowest BCUT2D eigenvalue weighted by Crippen LogP contribution is -2.37. The lowest BCUT2D eigenvalue weighted by Gasteiger charge is -2.21. The van der Waals surface area contributed by atoms with Gasteiger partial charge in [-0.15, -0.1) is 0 Å². The lowest BCUT2D eigenvalue weighted by atomic mass is 10.1. The summed E-state index contributed by atoms with van der Waals surface area (Å²) in [7, 11) is 1.62. The number of hydrogen-bond acceptors (Lipinski definition) is 4. The number of hydrogen-bond donors (Lipinski definition) is 3. The number of aliphatic hydroxyl groups is 2. The summed E-state index contributed by atoms with van der Waals surface area (Å²) in [4.78, 5) is 0. The smallest absolute Gasteiger partial charge is 0.120 e. The molecule has 0 radical (unpaired) electrons. The van der Waals surface area contributed by atoms with Crippen LogP contribution in [0.1, 0.15) is 18.5 Å². The first-order valence-corrected chi connectivity index (χ1v) is 6.22. The molecule has 1 aromatic carbocycles. The summed E-state index contributed by atoms with van der Waals surface area (Å²) in [5.74, 6) is 0.786. The molecule has 3 N–H and O–H groups in total. The molecule has 0 bridgehead atoms. The zero-order valence-electron chi connectivity index (χ0n) is 9.98. The first-order valence-electron chi connectivity index (χ1n) is 5.43. The minimum absolute atomic E-state index is 0.0274. The zero-order chi connectivity index (χ0) is 12.8. The molecule has 4 nitrogen and oxygen atoms in total. The molecule has 1 rings (SSSR count). The van der Waals surface area contributed by atoms with Gasteiger partial charge in [-0.25, -0.2) is 0 Å². The Labute approximate surface area is 110 Å². The van der Waals surface area contributed by atoms with E-state index < -0.39 is 0 Å². The zero-order valence-corrected chi connectivity index (χ0v) is 11.6. The van der Waals surface area contributed by atoms with Crippen molar-refractivity contribution in [2.75, 3.05) is 20.3 Å². The molecular weight excluding hydrogens is 286 g/mol. The van der Waals surface area contributed by atoms with Gasteiger partial charge in [0, 0.05) is 10.5 Å². The molecule has 0 aliphatic rings. The number of rotatable bonds is 6. The fraction of sp³-hybridized carbons (Fsp3) is 0.500. The summed E-state index contributed by atoms with van der Waals surface area (Å²) in [5, 5.41) is 21.2. The van der Waals surface area contributed by atoms with Crippen LogP contribution in [0.25, 0.3) is 0 Å². The molecule has 5 heteroatoms. The predicted molar refractivity (Wildman–Crippen MR) is 70.2 cm³/mol. The van der Waals surface area contributed by atoms with Crippen LogP contribution < -0.4 is 10.1 Å². The van der Waals surface area contributed by atoms with E-state index in [0.29, 0.717) is 0 Å². The Hall–Kier alpha value is -0.620. The molecule has 0 saturated heterocycles. The summed E-state index contributed by atoms with van der Waals surface area (Å²) < 4.78 is 6.06. The Kier molecular flexibility index (Phi) is 5.91. The van der Waals surface area contributed by atoms with Crippen LogP contribution in [0.5, 0.6) is 5.75 Å². The highest BCUT2D eigenvalue weighted by Gasteiger charge is 2.14. The largest absolute Gasteiger partial charge is 0.497 e. The van der Waals surface area contributed by atoms with Crippen LogP contribution >= 0.6 is 15.9 Å². The third-order valence-electron chi connectivity index (χ3n) is 2.60. The Bertz CT molecular complexity index is 356. The van der Waals surface area contributed by atoms with Crippen molar-refractivity contribution in [1.29, 1.82) is 0 Å². The summed E-state index contributed by atoms with van der Waals surface area (Å²) in [6.45, 7) is 1.80. The van der Waals surface area contributed by atoms with Crippen LogP contribution in [0.4, 0.5) is 0 Å². The van der Waals surface area contributed by atoms with Gasteiger partial charge in [-0.05, 0) is 24.6 Å². The summed E-state index contributed by atoms with van der Waals surface area (Å²) in [6, 6.07) is 5.44. The van der Waals surface area contributed by atoms with Crippen LogP contribution in [-0.4, -0.2) is 36.6 Å². The quantitative estimate of drug-likeness (QED) is 0.745. The highest BCUT2D eigenvalue weighted by molar-refractivity contribution is 9.10. The Balaban J connectivity index is 2.78. The fourth-order valence-corrected chi connectivity index (χ4v) is 2.29. The highest BCUT2D eigenvalue weighted by atomic mass is 79.9. The van der Waals surface area contributed by atoms with E-state index in [4.69, 9.17) is 14.9 Å². The van der Waals surface area contributed by atoms with Crippen LogP contribution in [0, 0.1) is 0 Å². The molecule has 0 fully saturated rings. The first-order chi connectivity index (χ1) is 8.12. The third kappa shape index (κ3) is 3.96. The van der Waals surface area contributed by atoms with Crippen LogP contribution in [0.15, 0.2) is 22.7 Å². The Morgan fingerprint density at radius 2 is 2.00 bits per heavy atom. The van der Waals surface area contributed by atoms with Crippen molar-refractivity contribution < 1.29 is 14.9 Å². The first kappa shape index (κ1) is 14.4. The number of ether oxygens (including phenoxy) is 1. The van der Waals surface area contributed by atoms with Gasteiger partial charge in [-0.3, -0.25) is 0 Å². The maximum atomic E-state index is 9.02. The van der Waals surface area contributed by atoms with Crippen molar-refractivity contribution in [3.63, 3.8) is 0 Å². The molecule has 96 valence electrons. The molecule has 0 aromatic heterocycles. The minimum Gasteiger partial charge on any atom is -0.497 e. The molecule has 1 aromatic rings. The molecule has 0 spiro atoms. The lowest BCUT2D eigenvalue weighted by molar-refractivity contribution is 0.163. The summed E-state index contributed by atoms with van der Waals surface area (Å²) in [6.07, 6.45) is 0. The second-order valence-corrected chi connectivity index (χ2v) is 4.69. The normalized spacial score (nSPS) is 12.8. The molecule has 0 unspecified atom stereocenters. The SMILES string of the molecule is COc1ccc([C@@H](C)NC(CO)CO)c(Br)c1. The van der Waals surface area contributed by atoms with E-state index in [2.05, 4.69) is 21.2 Å². The van der Waals surface area contributed by atoms with Gasteiger partial charge in [0.1, 0.15) is 5.75 Å². The molecule has 0 aliphatic heterocycles. The van der Waals surface area contributed by atoms with Gasteiger partial charge in [0.25, 0.3) is 0 Å². The van der Waals surface area contributed by atoms with Crippen molar-refractivity contribution in [1.82, 2.24) is 5.32 Å². The second-order valence-electron chi connectivity index (χ2n) is 3.84. The summed E-state index contributed by atoms with van der Waals surface area (Å²) >= 11 is 3.48. The van der Waals surface area contributed by atoms with E-state index in [1.165, 1.54) is 0 Å². The van der Waals surface area contributed by atoms with E-state index in [0.717, 1.165) is 15.8 Å². The molecular formula is C12H18BrNO3. The molecule has 0 amide bonds. The Morgan fingerprint density at radius 1 is 1.35 bits per heavy atom. The number of aliphatic hydroxyl groups excluding tert-OH is 2. The highest BCUT2D eigenvalue weighted by Crippen LogP contribution is 2.27. The number of methoxy groups -OCH3 is 1.